The van der Waals surface area contributed by atoms with Crippen LogP contribution in [0.25, 0.3) is 0 Å². The van der Waals surface area contributed by atoms with Crippen LogP contribution in [0, 0.1) is 0 Å². The van der Waals surface area contributed by atoms with Gasteiger partial charge < -0.3 is 5.11 Å². The molecule has 5 nitrogen and oxygen atoms in total. The number of hydrogen-bond acceptors (Lipinski definition) is 3. The predicted molar refractivity (Wildman–Crippen MR) is 60.0 cm³/mol. The van der Waals surface area contributed by atoms with Crippen LogP contribution in [0.15, 0.2) is 12.4 Å². The Balaban J connectivity index is 1.83. The molecule has 0 bridgehead atoms. The highest BCUT2D eigenvalue weighted by molar-refractivity contribution is 5.66. The molecule has 0 saturated carbocycles. The maximum absolute atomic E-state index is 10.3. The van der Waals surface area contributed by atoms with Gasteiger partial charge in [0, 0.05) is 19.2 Å². The lowest BCUT2D eigenvalue weighted by Gasteiger charge is -2.01. The zero-order valence-corrected chi connectivity index (χ0v) is 9.51. The van der Waals surface area contributed by atoms with Crippen LogP contribution in [-0.2, 0) is 11.3 Å². The molecular formula is C11H19N3O2. The molecule has 0 radical (unpaired) electrons. The summed E-state index contributed by atoms with van der Waals surface area (Å²) in [6, 6.07) is 0. The molecule has 0 saturated heterocycles. The second kappa shape index (κ2) is 7.84. The summed E-state index contributed by atoms with van der Waals surface area (Å²) >= 11 is 0. The molecule has 0 amide bonds. The Kier molecular flexibility index (Phi) is 6.22. The van der Waals surface area contributed by atoms with Crippen molar-refractivity contribution in [2.45, 2.75) is 51.5 Å². The summed E-state index contributed by atoms with van der Waals surface area (Å²) in [5, 5.41) is 16.1. The van der Waals surface area contributed by atoms with E-state index in [1.807, 2.05) is 10.9 Å². The number of aliphatic carboxylic acids is 1. The molecule has 5 heteroatoms. The van der Waals surface area contributed by atoms with Crippen molar-refractivity contribution < 1.29 is 9.90 Å². The van der Waals surface area contributed by atoms with Crippen molar-refractivity contribution >= 4 is 5.97 Å². The number of unbranched alkanes of at least 4 members (excludes halogenated alkanes) is 5. The molecule has 1 aromatic rings. The van der Waals surface area contributed by atoms with Gasteiger partial charge in [-0.25, -0.2) is 0 Å². The highest BCUT2D eigenvalue weighted by atomic mass is 16.4. The second-order valence-electron chi connectivity index (χ2n) is 3.93. The van der Waals surface area contributed by atoms with Gasteiger partial charge in [-0.05, 0) is 12.8 Å². The lowest BCUT2D eigenvalue weighted by atomic mass is 10.1. The van der Waals surface area contributed by atoms with Gasteiger partial charge in [0.2, 0.25) is 0 Å². The van der Waals surface area contributed by atoms with Crippen molar-refractivity contribution in [3.8, 4) is 0 Å². The van der Waals surface area contributed by atoms with Crippen LogP contribution in [0.1, 0.15) is 44.9 Å². The molecule has 0 aliphatic carbocycles. The Bertz CT molecular complexity index is 285. The van der Waals surface area contributed by atoms with E-state index in [1.54, 1.807) is 6.20 Å². The van der Waals surface area contributed by atoms with Crippen LogP contribution in [0.2, 0.25) is 0 Å². The van der Waals surface area contributed by atoms with Crippen molar-refractivity contribution in [2.75, 3.05) is 0 Å². The number of aryl methyl sites for hydroxylation is 1. The highest BCUT2D eigenvalue weighted by Gasteiger charge is 1.97. The maximum Gasteiger partial charge on any atom is 0.303 e. The minimum atomic E-state index is -0.689. The van der Waals surface area contributed by atoms with Crippen molar-refractivity contribution in [3.63, 3.8) is 0 Å². The first kappa shape index (κ1) is 12.7. The fraction of sp³-hybridized carbons (Fsp3) is 0.727. The number of carboxylic acid groups (broad SMARTS) is 1. The third-order valence-electron chi connectivity index (χ3n) is 2.50. The van der Waals surface area contributed by atoms with Crippen LogP contribution in [-0.4, -0.2) is 26.1 Å². The predicted octanol–water partition coefficient (Wildman–Crippen LogP) is 2.09. The smallest absolute Gasteiger partial charge is 0.303 e. The topological polar surface area (TPSA) is 68.0 Å². The Morgan fingerprint density at radius 2 is 1.81 bits per heavy atom. The summed E-state index contributed by atoms with van der Waals surface area (Å²) in [6.45, 7) is 0.926. The third-order valence-corrected chi connectivity index (χ3v) is 2.50. The molecule has 0 aliphatic heterocycles. The highest BCUT2D eigenvalue weighted by Crippen LogP contribution is 2.07. The summed E-state index contributed by atoms with van der Waals surface area (Å²) in [5.41, 5.74) is 0. The van der Waals surface area contributed by atoms with Crippen LogP contribution in [0.5, 0.6) is 0 Å². The number of carbonyl (C=O) groups is 1. The lowest BCUT2D eigenvalue weighted by Crippen LogP contribution is -1.98. The fourth-order valence-electron chi connectivity index (χ4n) is 1.61. The van der Waals surface area contributed by atoms with Gasteiger partial charge in [-0.15, -0.1) is 5.10 Å². The molecule has 0 aliphatic rings. The molecule has 0 spiro atoms. The van der Waals surface area contributed by atoms with Gasteiger partial charge in [-0.1, -0.05) is 30.9 Å². The van der Waals surface area contributed by atoms with Gasteiger partial charge in [0.1, 0.15) is 0 Å². The SMILES string of the molecule is O=C(O)CCCCCCCCn1ccnn1. The quantitative estimate of drug-likeness (QED) is 0.653. The van der Waals surface area contributed by atoms with Gasteiger partial charge in [0.05, 0.1) is 6.20 Å². The minimum Gasteiger partial charge on any atom is -0.481 e. The summed E-state index contributed by atoms with van der Waals surface area (Å²) in [7, 11) is 0. The van der Waals surface area contributed by atoms with E-state index in [9.17, 15) is 4.79 Å². The van der Waals surface area contributed by atoms with Crippen molar-refractivity contribution in [2.24, 2.45) is 0 Å². The summed E-state index contributed by atoms with van der Waals surface area (Å²) in [5.74, 6) is -0.689. The van der Waals surface area contributed by atoms with Crippen molar-refractivity contribution in [1.82, 2.24) is 15.0 Å². The third kappa shape index (κ3) is 6.16. The number of carboxylic acids is 1. The van der Waals surface area contributed by atoms with Crippen LogP contribution in [0.3, 0.4) is 0 Å². The number of hydrogen-bond donors (Lipinski definition) is 1. The Hall–Kier alpha value is -1.39. The first-order valence-corrected chi connectivity index (χ1v) is 5.85. The molecule has 0 atom stereocenters. The number of aromatic nitrogens is 3. The molecular weight excluding hydrogens is 206 g/mol. The van der Waals surface area contributed by atoms with Gasteiger partial charge >= 0.3 is 5.97 Å². The average Bonchev–Trinajstić information content (AvgIpc) is 2.74. The molecule has 0 unspecified atom stereocenters. The Morgan fingerprint density at radius 1 is 1.12 bits per heavy atom. The molecule has 0 aromatic carbocycles. The standard InChI is InChI=1S/C11H19N3O2/c15-11(16)7-5-3-1-2-4-6-9-14-10-8-12-13-14/h8,10H,1-7,9H2,(H,15,16). The first-order chi connectivity index (χ1) is 7.79. The van der Waals surface area contributed by atoms with E-state index in [-0.39, 0.29) is 0 Å². The van der Waals surface area contributed by atoms with Crippen LogP contribution in [0.4, 0.5) is 0 Å². The fourth-order valence-corrected chi connectivity index (χ4v) is 1.61. The maximum atomic E-state index is 10.3. The molecule has 1 aromatic heterocycles. The summed E-state index contributed by atoms with van der Waals surface area (Å²) in [6.07, 6.45) is 10.3. The molecule has 1 N–H and O–H groups in total. The second-order valence-corrected chi connectivity index (χ2v) is 3.93. The van der Waals surface area contributed by atoms with E-state index in [4.69, 9.17) is 5.11 Å². The normalized spacial score (nSPS) is 10.5. The van der Waals surface area contributed by atoms with E-state index in [1.165, 1.54) is 12.8 Å². The van der Waals surface area contributed by atoms with E-state index in [0.29, 0.717) is 6.42 Å². The zero-order chi connectivity index (χ0) is 11.6. The molecule has 16 heavy (non-hydrogen) atoms. The van der Waals surface area contributed by atoms with Crippen molar-refractivity contribution in [1.29, 1.82) is 0 Å². The zero-order valence-electron chi connectivity index (χ0n) is 9.51. The monoisotopic (exact) mass is 225 g/mol. The molecule has 90 valence electrons. The van der Waals surface area contributed by atoms with Crippen LogP contribution >= 0.6 is 0 Å². The Morgan fingerprint density at radius 3 is 2.44 bits per heavy atom. The van der Waals surface area contributed by atoms with E-state index in [0.717, 1.165) is 32.2 Å². The van der Waals surface area contributed by atoms with E-state index >= 15 is 0 Å². The van der Waals surface area contributed by atoms with Gasteiger partial charge in [0.25, 0.3) is 0 Å². The number of rotatable bonds is 9. The lowest BCUT2D eigenvalue weighted by molar-refractivity contribution is -0.137. The Labute approximate surface area is 95.5 Å². The molecule has 1 heterocycles. The number of nitrogens with zero attached hydrogens (tertiary/aromatic N) is 3. The minimum absolute atomic E-state index is 0.305. The van der Waals surface area contributed by atoms with E-state index in [2.05, 4.69) is 10.3 Å². The van der Waals surface area contributed by atoms with Crippen molar-refractivity contribution in [3.05, 3.63) is 12.4 Å². The summed E-state index contributed by atoms with van der Waals surface area (Å²) in [4.78, 5) is 10.3. The first-order valence-electron chi connectivity index (χ1n) is 5.85. The van der Waals surface area contributed by atoms with Crippen LogP contribution < -0.4 is 0 Å². The molecule has 1 rings (SSSR count). The van der Waals surface area contributed by atoms with Gasteiger partial charge in [0.15, 0.2) is 0 Å². The summed E-state index contributed by atoms with van der Waals surface area (Å²) < 4.78 is 1.84. The van der Waals surface area contributed by atoms with Gasteiger partial charge in [-0.3, -0.25) is 9.48 Å². The van der Waals surface area contributed by atoms with E-state index < -0.39 is 5.97 Å². The molecule has 0 fully saturated rings. The largest absolute Gasteiger partial charge is 0.481 e. The average molecular weight is 225 g/mol. The van der Waals surface area contributed by atoms with Gasteiger partial charge in [-0.2, -0.15) is 0 Å².